The van der Waals surface area contributed by atoms with Gasteiger partial charge in [0.1, 0.15) is 10.7 Å². The van der Waals surface area contributed by atoms with E-state index in [0.717, 1.165) is 5.56 Å². The topological polar surface area (TPSA) is 80.9 Å². The number of anilines is 2. The Kier molecular flexibility index (Phi) is 4.81. The van der Waals surface area contributed by atoms with Gasteiger partial charge in [-0.05, 0) is 5.56 Å². The Morgan fingerprint density at radius 2 is 2.05 bits per heavy atom. The van der Waals surface area contributed by atoms with Gasteiger partial charge >= 0.3 is 0 Å². The van der Waals surface area contributed by atoms with Gasteiger partial charge < -0.3 is 5.73 Å². The van der Waals surface area contributed by atoms with Crippen LogP contribution in [-0.4, -0.2) is 15.9 Å². The summed E-state index contributed by atoms with van der Waals surface area (Å²) in [6.07, 6.45) is 0. The van der Waals surface area contributed by atoms with E-state index in [-0.39, 0.29) is 17.0 Å². The van der Waals surface area contributed by atoms with Crippen LogP contribution >= 0.6 is 23.4 Å². The fourth-order valence-corrected chi connectivity index (χ4v) is 2.60. The van der Waals surface area contributed by atoms with Gasteiger partial charge in [0.05, 0.1) is 0 Å². The van der Waals surface area contributed by atoms with E-state index in [2.05, 4.69) is 15.3 Å². The van der Waals surface area contributed by atoms with Crippen molar-refractivity contribution in [1.82, 2.24) is 9.97 Å². The highest BCUT2D eigenvalue weighted by Crippen LogP contribution is 2.31. The van der Waals surface area contributed by atoms with Crippen LogP contribution in [0.15, 0.2) is 35.4 Å². The predicted molar refractivity (Wildman–Crippen MR) is 81.8 cm³/mol. The second kappa shape index (κ2) is 6.58. The fraction of sp³-hybridized carbons (Fsp3) is 0.154. The van der Waals surface area contributed by atoms with E-state index < -0.39 is 0 Å². The van der Waals surface area contributed by atoms with Crippen molar-refractivity contribution in [3.63, 3.8) is 0 Å². The maximum atomic E-state index is 11.0. The number of rotatable bonds is 4. The molecule has 1 amide bonds. The van der Waals surface area contributed by atoms with Crippen molar-refractivity contribution in [1.29, 1.82) is 0 Å². The van der Waals surface area contributed by atoms with Gasteiger partial charge in [-0.3, -0.25) is 10.1 Å². The molecule has 1 aromatic heterocycles. The van der Waals surface area contributed by atoms with Crippen LogP contribution in [0.5, 0.6) is 0 Å². The standard InChI is InChI=1S/C13H13ClN4OS/c1-8(19)16-13-17-11(14)10(15)12(18-13)20-7-9-5-3-2-4-6-9/h2-6H,7,15H2,1H3,(H,16,17,18,19). The van der Waals surface area contributed by atoms with Gasteiger partial charge in [-0.25, -0.2) is 4.98 Å². The quantitative estimate of drug-likeness (QED) is 0.670. The molecule has 0 spiro atoms. The molecule has 0 aliphatic carbocycles. The van der Waals surface area contributed by atoms with Crippen LogP contribution in [0.1, 0.15) is 12.5 Å². The summed E-state index contributed by atoms with van der Waals surface area (Å²) < 4.78 is 0. The van der Waals surface area contributed by atoms with Crippen molar-refractivity contribution >= 4 is 40.9 Å². The van der Waals surface area contributed by atoms with Crippen molar-refractivity contribution in [2.75, 3.05) is 11.1 Å². The third kappa shape index (κ3) is 3.85. The summed E-state index contributed by atoms with van der Waals surface area (Å²) in [4.78, 5) is 19.1. The minimum atomic E-state index is -0.259. The number of aromatic nitrogens is 2. The van der Waals surface area contributed by atoms with Crippen LogP contribution < -0.4 is 11.1 Å². The highest BCUT2D eigenvalue weighted by atomic mass is 35.5. The third-order valence-corrected chi connectivity index (χ3v) is 3.72. The first kappa shape index (κ1) is 14.6. The normalized spacial score (nSPS) is 10.3. The number of hydrogen-bond donors (Lipinski definition) is 2. The van der Waals surface area contributed by atoms with Crippen molar-refractivity contribution in [2.45, 2.75) is 17.7 Å². The van der Waals surface area contributed by atoms with E-state index in [9.17, 15) is 4.79 Å². The molecule has 104 valence electrons. The molecule has 7 heteroatoms. The average molecular weight is 309 g/mol. The van der Waals surface area contributed by atoms with Gasteiger partial charge in [0.2, 0.25) is 11.9 Å². The number of thioether (sulfide) groups is 1. The fourth-order valence-electron chi connectivity index (χ4n) is 1.47. The summed E-state index contributed by atoms with van der Waals surface area (Å²) in [5, 5.41) is 3.19. The van der Waals surface area contributed by atoms with Crippen LogP contribution in [0.4, 0.5) is 11.6 Å². The zero-order chi connectivity index (χ0) is 14.5. The van der Waals surface area contributed by atoms with Gasteiger partial charge in [-0.1, -0.05) is 53.7 Å². The lowest BCUT2D eigenvalue weighted by Crippen LogP contribution is -2.11. The van der Waals surface area contributed by atoms with E-state index in [1.807, 2.05) is 30.3 Å². The molecule has 0 radical (unpaired) electrons. The molecular weight excluding hydrogens is 296 g/mol. The Bertz CT molecular complexity index is 621. The predicted octanol–water partition coefficient (Wildman–Crippen LogP) is 2.96. The minimum absolute atomic E-state index is 0.138. The number of carbonyl (C=O) groups excluding carboxylic acids is 1. The number of hydrogen-bond acceptors (Lipinski definition) is 5. The average Bonchev–Trinajstić information content (AvgIpc) is 2.41. The Hall–Kier alpha value is -1.79. The molecule has 0 atom stereocenters. The molecule has 0 aliphatic heterocycles. The number of nitrogens with two attached hydrogens (primary N) is 1. The molecule has 1 heterocycles. The summed E-state index contributed by atoms with van der Waals surface area (Å²) >= 11 is 7.39. The zero-order valence-corrected chi connectivity index (χ0v) is 12.3. The van der Waals surface area contributed by atoms with Crippen molar-refractivity contribution in [3.8, 4) is 0 Å². The Morgan fingerprint density at radius 3 is 2.70 bits per heavy atom. The molecular formula is C13H13ClN4OS. The van der Waals surface area contributed by atoms with Crippen LogP contribution in [-0.2, 0) is 10.5 Å². The number of nitrogens with zero attached hydrogens (tertiary/aromatic N) is 2. The number of nitrogen functional groups attached to an aromatic ring is 1. The summed E-state index contributed by atoms with van der Waals surface area (Å²) in [6.45, 7) is 1.38. The Balaban J connectivity index is 2.17. The van der Waals surface area contributed by atoms with Gasteiger partial charge in [0, 0.05) is 12.7 Å². The summed E-state index contributed by atoms with van der Waals surface area (Å²) in [6, 6.07) is 9.92. The molecule has 3 N–H and O–H groups in total. The van der Waals surface area contributed by atoms with Gasteiger partial charge in [0.25, 0.3) is 0 Å². The van der Waals surface area contributed by atoms with Crippen LogP contribution in [0.2, 0.25) is 5.15 Å². The van der Waals surface area contributed by atoms with Crippen molar-refractivity contribution in [3.05, 3.63) is 41.0 Å². The maximum Gasteiger partial charge on any atom is 0.232 e. The highest BCUT2D eigenvalue weighted by Gasteiger charge is 2.11. The lowest BCUT2D eigenvalue weighted by atomic mass is 10.2. The van der Waals surface area contributed by atoms with Crippen molar-refractivity contribution < 1.29 is 4.79 Å². The highest BCUT2D eigenvalue weighted by molar-refractivity contribution is 7.98. The largest absolute Gasteiger partial charge is 0.394 e. The second-order valence-corrected chi connectivity index (χ2v) is 5.33. The van der Waals surface area contributed by atoms with Crippen LogP contribution in [0, 0.1) is 0 Å². The second-order valence-electron chi connectivity index (χ2n) is 4.01. The first-order valence-electron chi connectivity index (χ1n) is 5.83. The number of carbonyl (C=O) groups is 1. The molecule has 0 bridgehead atoms. The monoisotopic (exact) mass is 308 g/mol. The number of halogens is 1. The molecule has 0 fully saturated rings. The van der Waals surface area contributed by atoms with E-state index in [0.29, 0.717) is 16.5 Å². The Morgan fingerprint density at radius 1 is 1.35 bits per heavy atom. The molecule has 0 unspecified atom stereocenters. The van der Waals surface area contributed by atoms with Crippen molar-refractivity contribution in [2.24, 2.45) is 0 Å². The molecule has 5 nitrogen and oxygen atoms in total. The number of benzene rings is 1. The van der Waals surface area contributed by atoms with Crippen LogP contribution in [0.3, 0.4) is 0 Å². The maximum absolute atomic E-state index is 11.0. The molecule has 2 aromatic rings. The molecule has 2 rings (SSSR count). The third-order valence-electron chi connectivity index (χ3n) is 2.37. The Labute approximate surface area is 126 Å². The lowest BCUT2D eigenvalue weighted by Gasteiger charge is -2.08. The van der Waals surface area contributed by atoms with Gasteiger partial charge in [-0.2, -0.15) is 4.98 Å². The SMILES string of the molecule is CC(=O)Nc1nc(Cl)c(N)c(SCc2ccccc2)n1. The number of nitrogens with one attached hydrogen (secondary N) is 1. The van der Waals surface area contributed by atoms with E-state index >= 15 is 0 Å². The van der Waals surface area contributed by atoms with Gasteiger partial charge in [-0.15, -0.1) is 0 Å². The van der Waals surface area contributed by atoms with E-state index in [1.54, 1.807) is 0 Å². The number of amides is 1. The van der Waals surface area contributed by atoms with E-state index in [4.69, 9.17) is 17.3 Å². The summed E-state index contributed by atoms with van der Waals surface area (Å²) in [5.41, 5.74) is 7.32. The smallest absolute Gasteiger partial charge is 0.232 e. The molecule has 20 heavy (non-hydrogen) atoms. The molecule has 0 saturated carbocycles. The summed E-state index contributed by atoms with van der Waals surface area (Å²) in [7, 11) is 0. The molecule has 0 saturated heterocycles. The van der Waals surface area contributed by atoms with Gasteiger partial charge in [0.15, 0.2) is 5.15 Å². The summed E-state index contributed by atoms with van der Waals surface area (Å²) in [5.74, 6) is 0.606. The molecule has 0 aliphatic rings. The molecule has 1 aromatic carbocycles. The first-order valence-corrected chi connectivity index (χ1v) is 7.20. The minimum Gasteiger partial charge on any atom is -0.394 e. The van der Waals surface area contributed by atoms with Crippen LogP contribution in [0.25, 0.3) is 0 Å². The lowest BCUT2D eigenvalue weighted by molar-refractivity contribution is -0.114. The zero-order valence-electron chi connectivity index (χ0n) is 10.8. The van der Waals surface area contributed by atoms with E-state index in [1.165, 1.54) is 18.7 Å². The first-order chi connectivity index (χ1) is 9.56.